The van der Waals surface area contributed by atoms with Crippen LogP contribution in [-0.2, 0) is 63.8 Å². The topological polar surface area (TPSA) is 172 Å². The molecule has 0 aliphatic heterocycles. The lowest BCUT2D eigenvalue weighted by Crippen LogP contribution is -2.39. The van der Waals surface area contributed by atoms with E-state index in [1.807, 2.05) is 36.4 Å². The molecular weight excluding hydrogens is 863 g/mol. The maximum atomic E-state index is 13.6. The van der Waals surface area contributed by atoms with Crippen molar-refractivity contribution in [2.75, 3.05) is 66.8 Å². The first-order valence-electron chi connectivity index (χ1n) is 21.5. The third-order valence-electron chi connectivity index (χ3n) is 11.1. The second kappa shape index (κ2) is 24.7. The molecule has 4 aromatic carbocycles. The number of hydrogen-bond donors (Lipinski definition) is 4. The molecule has 2 aliphatic rings. The number of esters is 2. The van der Waals surface area contributed by atoms with Gasteiger partial charge < -0.3 is 49.7 Å². The number of aryl methyl sites for hydroxylation is 2. The fourth-order valence-corrected chi connectivity index (χ4v) is 8.15. The lowest BCUT2D eigenvalue weighted by atomic mass is 9.88. The summed E-state index contributed by atoms with van der Waals surface area (Å²) < 4.78 is 33.3. The summed E-state index contributed by atoms with van der Waals surface area (Å²) in [6, 6.07) is 25.7. The molecule has 2 amide bonds. The lowest BCUT2D eigenvalue weighted by Gasteiger charge is -2.29. The summed E-state index contributed by atoms with van der Waals surface area (Å²) in [6.07, 6.45) is 2.91. The Hall–Kier alpha value is -5.22. The zero-order chi connectivity index (χ0) is 45.3. The Morgan fingerprint density at radius 2 is 1.03 bits per heavy atom. The van der Waals surface area contributed by atoms with Crippen molar-refractivity contribution in [3.8, 4) is 11.5 Å². The first kappa shape index (κ1) is 48.2. The molecule has 0 radical (unpaired) electrons. The van der Waals surface area contributed by atoms with Gasteiger partial charge in [0.15, 0.2) is 13.2 Å². The fraction of sp³-hybridized carbons (Fsp3) is 0.417. The molecule has 0 saturated heterocycles. The van der Waals surface area contributed by atoms with Gasteiger partial charge in [-0.15, -0.1) is 0 Å². The van der Waals surface area contributed by atoms with Crippen LogP contribution in [0.1, 0.15) is 58.4 Å². The summed E-state index contributed by atoms with van der Waals surface area (Å²) in [7, 11) is 3.14. The molecule has 0 heterocycles. The summed E-state index contributed by atoms with van der Waals surface area (Å²) >= 11 is 12.8. The average molecular weight is 920 g/mol. The molecule has 64 heavy (non-hydrogen) atoms. The molecular formula is C48H56Cl2N4O10. The molecule has 0 aromatic heterocycles. The monoisotopic (exact) mass is 918 g/mol. The van der Waals surface area contributed by atoms with Crippen LogP contribution in [0.2, 0.25) is 10.0 Å². The van der Waals surface area contributed by atoms with Crippen molar-refractivity contribution < 1.29 is 47.6 Å². The Labute approximate surface area is 383 Å². The molecule has 0 fully saturated rings. The molecule has 2 unspecified atom stereocenters. The quantitative estimate of drug-likeness (QED) is 0.0448. The SMILES string of the molecule is COCCNC(=O)COc1ccc2c(c1)CC(NC[C@H](OC(=O)C(=O)O[C@@H](CNC1CCc3ccc(OCC(=O)NCCOC)cc3C1)c1cccc(Cl)c1)c1cccc(Cl)c1)CC2. The van der Waals surface area contributed by atoms with Crippen molar-refractivity contribution in [2.45, 2.75) is 62.8 Å². The van der Waals surface area contributed by atoms with Crippen LogP contribution in [0.15, 0.2) is 84.9 Å². The van der Waals surface area contributed by atoms with Gasteiger partial charge in [0.1, 0.15) is 23.7 Å². The van der Waals surface area contributed by atoms with Gasteiger partial charge >= 0.3 is 11.9 Å². The van der Waals surface area contributed by atoms with Gasteiger partial charge in [-0.3, -0.25) is 9.59 Å². The number of halogens is 2. The van der Waals surface area contributed by atoms with Crippen LogP contribution >= 0.6 is 23.2 Å². The average Bonchev–Trinajstić information content (AvgIpc) is 3.30. The minimum absolute atomic E-state index is 0.0225. The number of carbonyl (C=O) groups is 4. The van der Waals surface area contributed by atoms with Gasteiger partial charge in [-0.25, -0.2) is 9.59 Å². The summed E-state index contributed by atoms with van der Waals surface area (Å²) in [5.74, 6) is -1.57. The number of methoxy groups -OCH3 is 2. The summed E-state index contributed by atoms with van der Waals surface area (Å²) in [5, 5.41) is 13.5. The van der Waals surface area contributed by atoms with E-state index in [-0.39, 0.29) is 50.2 Å². The highest BCUT2D eigenvalue weighted by Gasteiger charge is 2.30. The molecule has 342 valence electrons. The molecule has 0 saturated carbocycles. The van der Waals surface area contributed by atoms with Crippen molar-refractivity contribution in [3.05, 3.63) is 128 Å². The van der Waals surface area contributed by atoms with Crippen LogP contribution in [0.25, 0.3) is 0 Å². The highest BCUT2D eigenvalue weighted by atomic mass is 35.5. The number of nitrogens with one attached hydrogen (secondary N) is 4. The van der Waals surface area contributed by atoms with Crippen molar-refractivity contribution in [3.63, 3.8) is 0 Å². The second-order valence-corrected chi connectivity index (χ2v) is 16.6. The van der Waals surface area contributed by atoms with Crippen LogP contribution in [0.5, 0.6) is 11.5 Å². The second-order valence-electron chi connectivity index (χ2n) is 15.7. The normalized spacial score (nSPS) is 16.3. The zero-order valence-corrected chi connectivity index (χ0v) is 37.6. The van der Waals surface area contributed by atoms with E-state index in [0.717, 1.165) is 36.8 Å². The van der Waals surface area contributed by atoms with Gasteiger partial charge in [0.05, 0.1) is 13.2 Å². The summed E-state index contributed by atoms with van der Waals surface area (Å²) in [6.45, 7) is 1.83. The number of ether oxygens (including phenoxy) is 6. The van der Waals surface area contributed by atoms with Crippen LogP contribution in [-0.4, -0.2) is 103 Å². The van der Waals surface area contributed by atoms with Crippen LogP contribution in [0.4, 0.5) is 0 Å². The van der Waals surface area contributed by atoms with E-state index in [0.29, 0.717) is 71.8 Å². The minimum Gasteiger partial charge on any atom is -0.484 e. The molecule has 4 aromatic rings. The fourth-order valence-electron chi connectivity index (χ4n) is 7.75. The smallest absolute Gasteiger partial charge is 0.418 e. The van der Waals surface area contributed by atoms with Crippen LogP contribution < -0.4 is 30.7 Å². The molecule has 0 spiro atoms. The Balaban J connectivity index is 1.06. The Kier molecular flexibility index (Phi) is 18.6. The number of fused-ring (bicyclic) bond motifs is 2. The number of rotatable bonds is 22. The van der Waals surface area contributed by atoms with Gasteiger partial charge in [-0.05, 0) is 120 Å². The van der Waals surface area contributed by atoms with Crippen molar-refractivity contribution in [1.82, 2.24) is 21.3 Å². The van der Waals surface area contributed by atoms with E-state index in [1.54, 1.807) is 62.8 Å². The Morgan fingerprint density at radius 1 is 0.594 bits per heavy atom. The highest BCUT2D eigenvalue weighted by molar-refractivity contribution is 6.31. The lowest BCUT2D eigenvalue weighted by molar-refractivity contribution is -0.174. The maximum Gasteiger partial charge on any atom is 0.418 e. The van der Waals surface area contributed by atoms with E-state index < -0.39 is 24.1 Å². The molecule has 6 rings (SSSR count). The molecule has 16 heteroatoms. The molecule has 0 bridgehead atoms. The van der Waals surface area contributed by atoms with Crippen LogP contribution in [0.3, 0.4) is 0 Å². The third-order valence-corrected chi connectivity index (χ3v) is 11.6. The van der Waals surface area contributed by atoms with Crippen molar-refractivity contribution >= 4 is 47.0 Å². The van der Waals surface area contributed by atoms with Gasteiger partial charge in [0.25, 0.3) is 11.8 Å². The Morgan fingerprint density at radius 3 is 1.44 bits per heavy atom. The van der Waals surface area contributed by atoms with Crippen molar-refractivity contribution in [1.29, 1.82) is 0 Å². The predicted molar refractivity (Wildman–Crippen MR) is 242 cm³/mol. The number of carbonyl (C=O) groups excluding carboxylic acids is 4. The van der Waals surface area contributed by atoms with E-state index in [9.17, 15) is 19.2 Å². The van der Waals surface area contributed by atoms with E-state index in [1.165, 1.54) is 11.1 Å². The molecule has 4 N–H and O–H groups in total. The first-order valence-corrected chi connectivity index (χ1v) is 22.2. The maximum absolute atomic E-state index is 13.6. The highest BCUT2D eigenvalue weighted by Crippen LogP contribution is 2.29. The van der Waals surface area contributed by atoms with E-state index in [2.05, 4.69) is 21.3 Å². The van der Waals surface area contributed by atoms with Gasteiger partial charge in [-0.1, -0.05) is 59.6 Å². The van der Waals surface area contributed by atoms with Crippen LogP contribution in [0, 0.1) is 0 Å². The van der Waals surface area contributed by atoms with Gasteiger partial charge in [0.2, 0.25) is 0 Å². The molecule has 2 aliphatic carbocycles. The van der Waals surface area contributed by atoms with Gasteiger partial charge in [-0.2, -0.15) is 0 Å². The van der Waals surface area contributed by atoms with Gasteiger partial charge in [0, 0.05) is 62.5 Å². The number of hydrogen-bond acceptors (Lipinski definition) is 12. The largest absolute Gasteiger partial charge is 0.484 e. The molecule has 4 atom stereocenters. The summed E-state index contributed by atoms with van der Waals surface area (Å²) in [5.41, 5.74) is 5.80. The zero-order valence-electron chi connectivity index (χ0n) is 36.1. The summed E-state index contributed by atoms with van der Waals surface area (Å²) in [4.78, 5) is 51.6. The van der Waals surface area contributed by atoms with E-state index >= 15 is 0 Å². The first-order chi connectivity index (χ1) is 31.1. The standard InChI is InChI=1S/C48H56Cl2N4O10/c1-59-19-17-51-45(55)29-61-41-15-11-31-9-13-39(23-35(31)25-41)53-27-43(33-5-3-7-37(49)21-33)63-47(57)48(58)64-44(34-6-4-8-38(50)22-34)28-54-40-14-10-32-12-16-42(26-36(32)24-40)62-30-46(56)52-18-20-60-2/h3-8,11-12,15-16,21-22,25-26,39-40,43-44,53-54H,9-10,13-14,17-20,23-24,27-30H2,1-2H3,(H,51,55)(H,52,56)/t39?,40?,43-,44-/m0/s1. The third kappa shape index (κ3) is 14.9. The predicted octanol–water partition coefficient (Wildman–Crippen LogP) is 5.44. The number of benzene rings is 4. The van der Waals surface area contributed by atoms with E-state index in [4.69, 9.17) is 51.6 Å². The molecule has 14 nitrogen and oxygen atoms in total. The minimum atomic E-state index is -1.15. The van der Waals surface area contributed by atoms with Crippen molar-refractivity contribution in [2.24, 2.45) is 0 Å². The number of amides is 2. The Bertz CT molecular complexity index is 2060.